The fourth-order valence-electron chi connectivity index (χ4n) is 2.17. The molecule has 1 rings (SSSR count). The zero-order valence-corrected chi connectivity index (χ0v) is 9.02. The number of hydrogen-bond acceptors (Lipinski definition) is 1. The molecule has 1 saturated carbocycles. The van der Waals surface area contributed by atoms with Gasteiger partial charge in [0.05, 0.1) is 0 Å². The fraction of sp³-hybridized carbons (Fsp3) is 0.833. The van der Waals surface area contributed by atoms with E-state index in [1.54, 1.807) is 0 Å². The van der Waals surface area contributed by atoms with E-state index in [2.05, 4.69) is 5.92 Å². The van der Waals surface area contributed by atoms with Gasteiger partial charge in [0.1, 0.15) is 0 Å². The van der Waals surface area contributed by atoms with Crippen LogP contribution in [-0.2, 0) is 0 Å². The Bertz CT molecular complexity index is 222. The Balaban J connectivity index is 2.24. The molecule has 15 heavy (non-hydrogen) atoms. The summed E-state index contributed by atoms with van der Waals surface area (Å²) in [5, 5.41) is 0. The molecule has 1 aliphatic carbocycles. The molecule has 0 aromatic heterocycles. The quantitative estimate of drug-likeness (QED) is 0.566. The van der Waals surface area contributed by atoms with Gasteiger partial charge in [0, 0.05) is 25.3 Å². The maximum Gasteiger partial charge on any atom is 0.248 e. The predicted octanol–water partition coefficient (Wildman–Crippen LogP) is 2.94. The van der Waals surface area contributed by atoms with Crippen molar-refractivity contribution in [1.29, 1.82) is 0 Å². The summed E-state index contributed by atoms with van der Waals surface area (Å²) in [6.45, 7) is 0. The van der Waals surface area contributed by atoms with Crippen LogP contribution in [0.2, 0.25) is 0 Å². The first-order valence-electron chi connectivity index (χ1n) is 5.62. The van der Waals surface area contributed by atoms with Crippen molar-refractivity contribution in [2.24, 2.45) is 11.7 Å². The number of alkyl halides is 2. The fourth-order valence-corrected chi connectivity index (χ4v) is 2.17. The number of unbranched alkanes of at least 4 members (excludes halogenated alkanes) is 1. The summed E-state index contributed by atoms with van der Waals surface area (Å²) in [6, 6.07) is 0.0504. The van der Waals surface area contributed by atoms with Crippen LogP contribution >= 0.6 is 0 Å². The van der Waals surface area contributed by atoms with Gasteiger partial charge in [0.2, 0.25) is 5.92 Å². The second-order valence-electron chi connectivity index (χ2n) is 4.45. The molecule has 1 aliphatic rings. The molecule has 0 bridgehead atoms. The molecule has 0 radical (unpaired) electrons. The Morgan fingerprint density at radius 3 is 2.53 bits per heavy atom. The van der Waals surface area contributed by atoms with Gasteiger partial charge < -0.3 is 5.73 Å². The van der Waals surface area contributed by atoms with E-state index < -0.39 is 5.92 Å². The third-order valence-electron chi connectivity index (χ3n) is 3.23. The maximum atomic E-state index is 12.9. The number of rotatable bonds is 4. The van der Waals surface area contributed by atoms with E-state index in [1.165, 1.54) is 0 Å². The average molecular weight is 215 g/mol. The molecule has 0 heterocycles. The Labute approximate surface area is 90.4 Å². The number of nitrogens with two attached hydrogens (primary N) is 1. The molecule has 0 aromatic rings. The lowest BCUT2D eigenvalue weighted by Gasteiger charge is -2.31. The molecule has 1 fully saturated rings. The van der Waals surface area contributed by atoms with Crippen LogP contribution in [0.4, 0.5) is 8.78 Å². The summed E-state index contributed by atoms with van der Waals surface area (Å²) in [7, 11) is 0. The molecule has 86 valence electrons. The molecule has 0 aromatic carbocycles. The zero-order chi connectivity index (χ0) is 11.3. The van der Waals surface area contributed by atoms with Crippen LogP contribution in [0.15, 0.2) is 0 Å². The molecule has 1 unspecified atom stereocenters. The van der Waals surface area contributed by atoms with E-state index in [-0.39, 0.29) is 24.8 Å². The molecule has 2 N–H and O–H groups in total. The van der Waals surface area contributed by atoms with Crippen LogP contribution in [0.5, 0.6) is 0 Å². The van der Waals surface area contributed by atoms with Crippen molar-refractivity contribution in [2.45, 2.75) is 56.9 Å². The normalized spacial score (nSPS) is 23.3. The molecule has 0 spiro atoms. The van der Waals surface area contributed by atoms with Gasteiger partial charge in [-0.05, 0) is 31.6 Å². The van der Waals surface area contributed by atoms with Crippen molar-refractivity contribution in [2.75, 3.05) is 0 Å². The Kier molecular flexibility index (Phi) is 4.53. The Hall–Kier alpha value is -0.620. The van der Waals surface area contributed by atoms with Crippen molar-refractivity contribution in [3.63, 3.8) is 0 Å². The lowest BCUT2D eigenvalue weighted by molar-refractivity contribution is -0.0484. The predicted molar refractivity (Wildman–Crippen MR) is 57.6 cm³/mol. The van der Waals surface area contributed by atoms with Crippen molar-refractivity contribution in [1.82, 2.24) is 0 Å². The molecule has 3 heteroatoms. The van der Waals surface area contributed by atoms with E-state index in [4.69, 9.17) is 12.2 Å². The first-order valence-corrected chi connectivity index (χ1v) is 5.62. The summed E-state index contributed by atoms with van der Waals surface area (Å²) in [4.78, 5) is 0. The third kappa shape index (κ3) is 4.17. The highest BCUT2D eigenvalue weighted by Crippen LogP contribution is 2.37. The van der Waals surface area contributed by atoms with Crippen molar-refractivity contribution >= 4 is 0 Å². The second kappa shape index (κ2) is 5.46. The van der Waals surface area contributed by atoms with Crippen molar-refractivity contribution < 1.29 is 8.78 Å². The summed E-state index contributed by atoms with van der Waals surface area (Å²) in [6.07, 6.45) is 8.76. The first-order chi connectivity index (χ1) is 7.05. The summed E-state index contributed by atoms with van der Waals surface area (Å²) >= 11 is 0. The van der Waals surface area contributed by atoms with Gasteiger partial charge in [-0.15, -0.1) is 12.3 Å². The van der Waals surface area contributed by atoms with Crippen LogP contribution in [0.25, 0.3) is 0 Å². The Morgan fingerprint density at radius 1 is 1.40 bits per heavy atom. The highest BCUT2D eigenvalue weighted by molar-refractivity contribution is 4.86. The SMILES string of the molecule is C#CCCCC(N)C1CCC(F)(F)CC1. The van der Waals surface area contributed by atoms with Crippen molar-refractivity contribution in [3.05, 3.63) is 0 Å². The number of halogens is 2. The van der Waals surface area contributed by atoms with Gasteiger partial charge >= 0.3 is 0 Å². The van der Waals surface area contributed by atoms with Crippen LogP contribution in [0.3, 0.4) is 0 Å². The molecular weight excluding hydrogens is 196 g/mol. The molecule has 0 amide bonds. The lowest BCUT2D eigenvalue weighted by Crippen LogP contribution is -2.36. The van der Waals surface area contributed by atoms with Gasteiger partial charge in [-0.2, -0.15) is 0 Å². The highest BCUT2D eigenvalue weighted by atomic mass is 19.3. The van der Waals surface area contributed by atoms with Gasteiger partial charge in [-0.25, -0.2) is 8.78 Å². The minimum atomic E-state index is -2.45. The van der Waals surface area contributed by atoms with E-state index in [1.807, 2.05) is 0 Å². The lowest BCUT2D eigenvalue weighted by atomic mass is 9.81. The van der Waals surface area contributed by atoms with Gasteiger partial charge in [0.15, 0.2) is 0 Å². The van der Waals surface area contributed by atoms with E-state index >= 15 is 0 Å². The third-order valence-corrected chi connectivity index (χ3v) is 3.23. The summed E-state index contributed by atoms with van der Waals surface area (Å²) in [5.74, 6) is 0.380. The molecule has 1 atom stereocenters. The zero-order valence-electron chi connectivity index (χ0n) is 9.02. The van der Waals surface area contributed by atoms with Crippen LogP contribution < -0.4 is 5.73 Å². The maximum absolute atomic E-state index is 12.9. The van der Waals surface area contributed by atoms with Crippen molar-refractivity contribution in [3.8, 4) is 12.3 Å². The van der Waals surface area contributed by atoms with Gasteiger partial charge in [-0.1, -0.05) is 0 Å². The monoisotopic (exact) mass is 215 g/mol. The van der Waals surface area contributed by atoms with E-state index in [0.717, 1.165) is 19.3 Å². The molecule has 1 nitrogen and oxygen atoms in total. The Morgan fingerprint density at radius 2 is 2.00 bits per heavy atom. The summed E-state index contributed by atoms with van der Waals surface area (Å²) < 4.78 is 25.8. The first kappa shape index (κ1) is 12.4. The van der Waals surface area contributed by atoms with Crippen LogP contribution in [0.1, 0.15) is 44.9 Å². The largest absolute Gasteiger partial charge is 0.327 e. The number of hydrogen-bond donors (Lipinski definition) is 1. The number of terminal acetylenes is 1. The molecule has 0 saturated heterocycles. The standard InChI is InChI=1S/C12H19F2N/c1-2-3-4-5-11(15)10-6-8-12(13,14)9-7-10/h1,10-11H,3-9,15H2. The van der Waals surface area contributed by atoms with E-state index in [9.17, 15) is 8.78 Å². The van der Waals surface area contributed by atoms with Crippen LogP contribution in [0, 0.1) is 18.3 Å². The highest BCUT2D eigenvalue weighted by Gasteiger charge is 2.36. The van der Waals surface area contributed by atoms with Gasteiger partial charge in [-0.3, -0.25) is 0 Å². The minimum absolute atomic E-state index is 0.000502. The topological polar surface area (TPSA) is 26.0 Å². The van der Waals surface area contributed by atoms with E-state index in [0.29, 0.717) is 12.8 Å². The molecular formula is C12H19F2N. The van der Waals surface area contributed by atoms with Crippen LogP contribution in [-0.4, -0.2) is 12.0 Å². The average Bonchev–Trinajstić information content (AvgIpc) is 2.18. The smallest absolute Gasteiger partial charge is 0.248 e. The summed E-state index contributed by atoms with van der Waals surface area (Å²) in [5.41, 5.74) is 5.96. The second-order valence-corrected chi connectivity index (χ2v) is 4.45. The minimum Gasteiger partial charge on any atom is -0.327 e. The molecule has 0 aliphatic heterocycles. The van der Waals surface area contributed by atoms with Gasteiger partial charge in [0.25, 0.3) is 0 Å².